The number of nitro groups is 1. The molecule has 4 heteroatoms. The number of hydrogen-bond donors (Lipinski definition) is 0. The van der Waals surface area contributed by atoms with E-state index in [0.29, 0.717) is 5.92 Å². The number of Topliss-reactive ketones (excluding diaryl/α,β-unsaturated/α-hetero) is 1. The van der Waals surface area contributed by atoms with Gasteiger partial charge in [-0.25, -0.2) is 0 Å². The first kappa shape index (κ1) is 16.1. The molecule has 0 saturated carbocycles. The van der Waals surface area contributed by atoms with Gasteiger partial charge < -0.3 is 0 Å². The predicted octanol–water partition coefficient (Wildman–Crippen LogP) is 4.63. The van der Waals surface area contributed by atoms with Crippen LogP contribution in [-0.2, 0) is 11.2 Å². The summed E-state index contributed by atoms with van der Waals surface area (Å²) < 4.78 is 0. The Hall–Kier alpha value is -2.75. The second kappa shape index (κ2) is 6.40. The smallest absolute Gasteiger partial charge is 0.269 e. The van der Waals surface area contributed by atoms with Crippen molar-refractivity contribution in [3.05, 3.63) is 74.8 Å². The Morgan fingerprint density at radius 1 is 1.12 bits per heavy atom. The number of nitro benzene ring substituents is 1. The fourth-order valence-electron chi connectivity index (χ4n) is 3.50. The minimum Gasteiger partial charge on any atom is -0.299 e. The Kier molecular flexibility index (Phi) is 4.30. The van der Waals surface area contributed by atoms with E-state index in [1.54, 1.807) is 19.1 Å². The zero-order valence-corrected chi connectivity index (χ0v) is 13.7. The third-order valence-electron chi connectivity index (χ3n) is 4.62. The van der Waals surface area contributed by atoms with E-state index in [0.717, 1.165) is 23.1 Å². The number of rotatable bonds is 4. The molecule has 0 spiro atoms. The minimum atomic E-state index is -0.402. The normalized spacial score (nSPS) is 19.4. The van der Waals surface area contributed by atoms with E-state index in [2.05, 4.69) is 19.1 Å². The third-order valence-corrected chi connectivity index (χ3v) is 4.62. The molecule has 2 atom stereocenters. The number of nitrogens with zero attached hydrogens (tertiary/aromatic N) is 1. The highest BCUT2D eigenvalue weighted by atomic mass is 16.6. The van der Waals surface area contributed by atoms with E-state index in [9.17, 15) is 14.9 Å². The summed E-state index contributed by atoms with van der Waals surface area (Å²) in [6.07, 6.45) is 4.86. The van der Waals surface area contributed by atoms with Crippen molar-refractivity contribution in [2.45, 2.75) is 26.2 Å². The summed E-state index contributed by atoms with van der Waals surface area (Å²) in [4.78, 5) is 22.1. The van der Waals surface area contributed by atoms with Crippen molar-refractivity contribution < 1.29 is 9.72 Å². The van der Waals surface area contributed by atoms with Gasteiger partial charge in [-0.1, -0.05) is 37.3 Å². The quantitative estimate of drug-likeness (QED) is 0.468. The van der Waals surface area contributed by atoms with Crippen LogP contribution in [0.4, 0.5) is 5.69 Å². The maximum atomic E-state index is 11.8. The van der Waals surface area contributed by atoms with Gasteiger partial charge in [0.2, 0.25) is 0 Å². The molecule has 3 rings (SSSR count). The molecule has 1 aliphatic carbocycles. The van der Waals surface area contributed by atoms with Crippen LogP contribution in [0.2, 0.25) is 0 Å². The van der Waals surface area contributed by atoms with E-state index >= 15 is 0 Å². The molecular formula is C20H19NO3. The zero-order valence-electron chi connectivity index (χ0n) is 13.7. The first-order valence-electron chi connectivity index (χ1n) is 8.01. The highest BCUT2D eigenvalue weighted by molar-refractivity contribution is 5.85. The highest BCUT2D eigenvalue weighted by Crippen LogP contribution is 2.38. The molecule has 0 aliphatic heterocycles. The van der Waals surface area contributed by atoms with Crippen LogP contribution in [0.1, 0.15) is 42.0 Å². The molecule has 2 aromatic rings. The van der Waals surface area contributed by atoms with Crippen molar-refractivity contribution in [2.75, 3.05) is 0 Å². The van der Waals surface area contributed by atoms with Crippen LogP contribution in [0, 0.1) is 16.0 Å². The Bertz CT molecular complexity index is 821. The van der Waals surface area contributed by atoms with Crippen LogP contribution in [0.25, 0.3) is 12.2 Å². The lowest BCUT2D eigenvalue weighted by Gasteiger charge is -2.12. The first-order chi connectivity index (χ1) is 11.5. The van der Waals surface area contributed by atoms with Gasteiger partial charge >= 0.3 is 0 Å². The molecule has 0 N–H and O–H groups in total. The summed E-state index contributed by atoms with van der Waals surface area (Å²) in [7, 11) is 0. The van der Waals surface area contributed by atoms with E-state index < -0.39 is 4.92 Å². The molecule has 0 radical (unpaired) electrons. The Balaban J connectivity index is 1.81. The molecule has 24 heavy (non-hydrogen) atoms. The van der Waals surface area contributed by atoms with Crippen molar-refractivity contribution in [1.82, 2.24) is 0 Å². The summed E-state index contributed by atoms with van der Waals surface area (Å²) in [5.74, 6) is 0.606. The van der Waals surface area contributed by atoms with Crippen LogP contribution in [0.15, 0.2) is 42.5 Å². The fourth-order valence-corrected chi connectivity index (χ4v) is 3.50. The van der Waals surface area contributed by atoms with E-state index in [1.807, 2.05) is 18.2 Å². The molecule has 0 bridgehead atoms. The first-order valence-corrected chi connectivity index (χ1v) is 8.01. The third kappa shape index (κ3) is 3.13. The zero-order chi connectivity index (χ0) is 17.3. The van der Waals surface area contributed by atoms with Gasteiger partial charge in [0.15, 0.2) is 0 Å². The lowest BCUT2D eigenvalue weighted by molar-refractivity contribution is -0.384. The van der Waals surface area contributed by atoms with Crippen LogP contribution >= 0.6 is 0 Å². The maximum Gasteiger partial charge on any atom is 0.269 e. The molecule has 0 saturated heterocycles. The minimum absolute atomic E-state index is 0.0210. The summed E-state index contributed by atoms with van der Waals surface area (Å²) >= 11 is 0. The number of benzene rings is 2. The second-order valence-electron chi connectivity index (χ2n) is 6.41. The van der Waals surface area contributed by atoms with Gasteiger partial charge in [-0.15, -0.1) is 0 Å². The van der Waals surface area contributed by atoms with Crippen LogP contribution in [-0.4, -0.2) is 10.7 Å². The fraction of sp³-hybridized carbons (Fsp3) is 0.250. The van der Waals surface area contributed by atoms with Crippen molar-refractivity contribution in [3.63, 3.8) is 0 Å². The molecule has 1 aliphatic rings. The maximum absolute atomic E-state index is 11.8. The number of carbonyl (C=O) groups is 1. The number of non-ortho nitro benzene ring substituents is 1. The van der Waals surface area contributed by atoms with Gasteiger partial charge in [-0.2, -0.15) is 0 Å². The molecule has 0 heterocycles. The van der Waals surface area contributed by atoms with Crippen LogP contribution in [0.3, 0.4) is 0 Å². The van der Waals surface area contributed by atoms with Gasteiger partial charge in [0.1, 0.15) is 5.78 Å². The molecule has 0 aromatic heterocycles. The van der Waals surface area contributed by atoms with Crippen molar-refractivity contribution in [3.8, 4) is 0 Å². The predicted molar refractivity (Wildman–Crippen MR) is 94.8 cm³/mol. The highest BCUT2D eigenvalue weighted by Gasteiger charge is 2.32. The van der Waals surface area contributed by atoms with E-state index in [-0.39, 0.29) is 17.4 Å². The van der Waals surface area contributed by atoms with Gasteiger partial charge in [-0.3, -0.25) is 14.9 Å². The van der Waals surface area contributed by atoms with Gasteiger partial charge in [0.05, 0.1) is 4.92 Å². The van der Waals surface area contributed by atoms with Crippen molar-refractivity contribution in [2.24, 2.45) is 5.92 Å². The largest absolute Gasteiger partial charge is 0.299 e. The molecule has 0 fully saturated rings. The number of ketones is 1. The van der Waals surface area contributed by atoms with E-state index in [4.69, 9.17) is 0 Å². The van der Waals surface area contributed by atoms with Gasteiger partial charge in [-0.05, 0) is 53.6 Å². The summed E-state index contributed by atoms with van der Waals surface area (Å²) in [6, 6.07) is 12.7. The lowest BCUT2D eigenvalue weighted by atomic mass is 9.90. The van der Waals surface area contributed by atoms with Gasteiger partial charge in [0, 0.05) is 18.1 Å². The van der Waals surface area contributed by atoms with Crippen LogP contribution < -0.4 is 0 Å². The number of carbonyl (C=O) groups excluding carboxylic acids is 1. The molecule has 4 nitrogen and oxygen atoms in total. The number of fused-ring (bicyclic) bond motifs is 1. The Morgan fingerprint density at radius 2 is 1.75 bits per heavy atom. The van der Waals surface area contributed by atoms with Crippen molar-refractivity contribution in [1.29, 1.82) is 0 Å². The average Bonchev–Trinajstić information content (AvgIpc) is 2.88. The van der Waals surface area contributed by atoms with E-state index in [1.165, 1.54) is 17.7 Å². The topological polar surface area (TPSA) is 60.2 Å². The lowest BCUT2D eigenvalue weighted by Crippen LogP contribution is -2.12. The average molecular weight is 321 g/mol. The Labute approximate surface area is 141 Å². The summed E-state index contributed by atoms with van der Waals surface area (Å²) in [6.45, 7) is 3.79. The molecular weight excluding hydrogens is 302 g/mol. The molecule has 2 aromatic carbocycles. The SMILES string of the molecule is CC(=O)C1c2ccc(/C=C/c3ccc([N+](=O)[O-])cc3)cc2C[C@@H]1C. The summed E-state index contributed by atoms with van der Waals surface area (Å²) in [5.41, 5.74) is 4.48. The summed E-state index contributed by atoms with van der Waals surface area (Å²) in [5, 5.41) is 10.7. The molecule has 0 amide bonds. The van der Waals surface area contributed by atoms with Crippen LogP contribution in [0.5, 0.6) is 0 Å². The molecule has 1 unspecified atom stereocenters. The number of hydrogen-bond acceptors (Lipinski definition) is 3. The van der Waals surface area contributed by atoms with Crippen molar-refractivity contribution >= 4 is 23.6 Å². The second-order valence-corrected chi connectivity index (χ2v) is 6.41. The monoisotopic (exact) mass is 321 g/mol. The standard InChI is InChI=1S/C20H19NO3/c1-13-11-17-12-16(7-10-19(17)20(13)14(2)22)4-3-15-5-8-18(9-6-15)21(23)24/h3-10,12-13,20H,11H2,1-2H3/b4-3+/t13-,20?/m0/s1. The Morgan fingerprint density at radius 3 is 2.38 bits per heavy atom. The van der Waals surface area contributed by atoms with Gasteiger partial charge in [0.25, 0.3) is 5.69 Å². The molecule has 122 valence electrons.